The van der Waals surface area contributed by atoms with E-state index in [9.17, 15) is 14.3 Å². The van der Waals surface area contributed by atoms with Gasteiger partial charge in [-0.3, -0.25) is 4.79 Å². The summed E-state index contributed by atoms with van der Waals surface area (Å²) >= 11 is 0. The molecule has 2 N–H and O–H groups in total. The number of carbonyl (C=O) groups is 1. The van der Waals surface area contributed by atoms with Gasteiger partial charge in [-0.1, -0.05) is 26.2 Å². The third-order valence-corrected chi connectivity index (χ3v) is 4.06. The third kappa shape index (κ3) is 2.89. The summed E-state index contributed by atoms with van der Waals surface area (Å²) < 4.78 is 14.0. The number of aromatic nitrogens is 2. The third-order valence-electron chi connectivity index (χ3n) is 4.06. The summed E-state index contributed by atoms with van der Waals surface area (Å²) in [5.41, 5.74) is -0.460. The van der Waals surface area contributed by atoms with Crippen LogP contribution in [0.3, 0.4) is 0 Å². The molecule has 1 aromatic rings. The van der Waals surface area contributed by atoms with Gasteiger partial charge in [-0.15, -0.1) is 0 Å². The number of nitrogens with zero attached hydrogens (tertiary/aromatic N) is 2. The van der Waals surface area contributed by atoms with Gasteiger partial charge in [0.1, 0.15) is 6.33 Å². The lowest BCUT2D eigenvalue weighted by molar-refractivity contribution is -0.150. The standard InChI is InChI=1S/C14H20FN3O2/c1-2-10-11(15)12(18-9-17-10)16-8-14(13(19)20)6-4-3-5-7-14/h9H,2-8H2,1H3,(H,19,20)(H,16,17,18). The van der Waals surface area contributed by atoms with Gasteiger partial charge in [0.2, 0.25) is 0 Å². The SMILES string of the molecule is CCc1ncnc(NCC2(C(=O)O)CCCCC2)c1F. The van der Waals surface area contributed by atoms with Crippen LogP contribution in [0.15, 0.2) is 6.33 Å². The van der Waals surface area contributed by atoms with E-state index in [-0.39, 0.29) is 12.4 Å². The monoisotopic (exact) mass is 281 g/mol. The lowest BCUT2D eigenvalue weighted by Crippen LogP contribution is -2.40. The van der Waals surface area contributed by atoms with E-state index in [1.165, 1.54) is 6.33 Å². The van der Waals surface area contributed by atoms with Crippen LogP contribution >= 0.6 is 0 Å². The van der Waals surface area contributed by atoms with Crippen molar-refractivity contribution in [3.05, 3.63) is 17.8 Å². The second kappa shape index (κ2) is 6.15. The van der Waals surface area contributed by atoms with Crippen molar-refractivity contribution >= 4 is 11.8 Å². The van der Waals surface area contributed by atoms with Crippen molar-refractivity contribution in [1.82, 2.24) is 9.97 Å². The van der Waals surface area contributed by atoms with Gasteiger partial charge in [-0.05, 0) is 19.3 Å². The highest BCUT2D eigenvalue weighted by Crippen LogP contribution is 2.36. The number of aliphatic carboxylic acids is 1. The molecule has 0 aliphatic heterocycles. The molecular weight excluding hydrogens is 261 g/mol. The van der Waals surface area contributed by atoms with E-state index < -0.39 is 17.2 Å². The fourth-order valence-electron chi connectivity index (χ4n) is 2.72. The van der Waals surface area contributed by atoms with Gasteiger partial charge in [-0.2, -0.15) is 0 Å². The molecule has 0 atom stereocenters. The summed E-state index contributed by atoms with van der Waals surface area (Å²) in [6.07, 6.45) is 5.91. The minimum absolute atomic E-state index is 0.100. The Labute approximate surface area is 117 Å². The molecule has 110 valence electrons. The molecule has 0 unspecified atom stereocenters. The van der Waals surface area contributed by atoms with Gasteiger partial charge < -0.3 is 10.4 Å². The fraction of sp³-hybridized carbons (Fsp3) is 0.643. The molecule has 5 nitrogen and oxygen atoms in total. The van der Waals surface area contributed by atoms with E-state index in [4.69, 9.17) is 0 Å². The first-order valence-corrected chi connectivity index (χ1v) is 7.06. The number of rotatable bonds is 5. The molecular formula is C14H20FN3O2. The molecule has 1 fully saturated rings. The number of anilines is 1. The summed E-state index contributed by atoms with van der Waals surface area (Å²) in [6, 6.07) is 0. The zero-order valence-electron chi connectivity index (χ0n) is 11.7. The molecule has 1 saturated carbocycles. The Balaban J connectivity index is 2.12. The summed E-state index contributed by atoms with van der Waals surface area (Å²) in [4.78, 5) is 19.3. The predicted octanol–water partition coefficient (Wildman–Crippen LogP) is 2.63. The number of nitrogens with one attached hydrogen (secondary N) is 1. The largest absolute Gasteiger partial charge is 0.481 e. The van der Waals surface area contributed by atoms with Crippen molar-refractivity contribution in [2.45, 2.75) is 45.4 Å². The maximum atomic E-state index is 14.0. The van der Waals surface area contributed by atoms with Gasteiger partial charge in [0, 0.05) is 6.54 Å². The Morgan fingerprint density at radius 2 is 2.10 bits per heavy atom. The first-order chi connectivity index (χ1) is 9.59. The molecule has 0 saturated heterocycles. The lowest BCUT2D eigenvalue weighted by atomic mass is 9.74. The molecule has 0 aromatic carbocycles. The molecule has 1 aliphatic rings. The number of halogens is 1. The molecule has 1 aliphatic carbocycles. The van der Waals surface area contributed by atoms with Crippen LogP contribution in [0.1, 0.15) is 44.7 Å². The van der Waals surface area contributed by atoms with Gasteiger partial charge in [0.15, 0.2) is 11.6 Å². The highest BCUT2D eigenvalue weighted by atomic mass is 19.1. The average Bonchev–Trinajstić information content (AvgIpc) is 2.47. The lowest BCUT2D eigenvalue weighted by Gasteiger charge is -2.33. The topological polar surface area (TPSA) is 75.1 Å². The maximum Gasteiger partial charge on any atom is 0.311 e. The Morgan fingerprint density at radius 1 is 1.40 bits per heavy atom. The highest BCUT2D eigenvalue weighted by Gasteiger charge is 2.39. The number of carboxylic acids is 1. The fourth-order valence-corrected chi connectivity index (χ4v) is 2.72. The summed E-state index contributed by atoms with van der Waals surface area (Å²) in [5, 5.41) is 12.3. The van der Waals surface area contributed by atoms with Crippen molar-refractivity contribution < 1.29 is 14.3 Å². The Kier molecular flexibility index (Phi) is 4.52. The van der Waals surface area contributed by atoms with Gasteiger partial charge in [0.25, 0.3) is 0 Å². The van der Waals surface area contributed by atoms with Gasteiger partial charge in [0.05, 0.1) is 11.1 Å². The molecule has 0 radical (unpaired) electrons. The Hall–Kier alpha value is -1.72. The average molecular weight is 281 g/mol. The number of aryl methyl sites for hydroxylation is 1. The molecule has 2 rings (SSSR count). The van der Waals surface area contributed by atoms with E-state index in [2.05, 4.69) is 15.3 Å². The van der Waals surface area contributed by atoms with Crippen LogP contribution in [0.2, 0.25) is 0 Å². The molecule has 20 heavy (non-hydrogen) atoms. The normalized spacial score (nSPS) is 17.7. The van der Waals surface area contributed by atoms with Crippen molar-refractivity contribution in [1.29, 1.82) is 0 Å². The second-order valence-electron chi connectivity index (χ2n) is 5.34. The summed E-state index contributed by atoms with van der Waals surface area (Å²) in [6.45, 7) is 2.02. The van der Waals surface area contributed by atoms with E-state index in [1.54, 1.807) is 0 Å². The van der Waals surface area contributed by atoms with Crippen molar-refractivity contribution in [2.24, 2.45) is 5.41 Å². The molecule has 6 heteroatoms. The minimum atomic E-state index is -0.810. The maximum absolute atomic E-state index is 14.0. The van der Waals surface area contributed by atoms with Crippen LogP contribution in [-0.2, 0) is 11.2 Å². The van der Waals surface area contributed by atoms with Crippen molar-refractivity contribution in [2.75, 3.05) is 11.9 Å². The zero-order valence-corrected chi connectivity index (χ0v) is 11.7. The number of carboxylic acid groups (broad SMARTS) is 1. The minimum Gasteiger partial charge on any atom is -0.481 e. The van der Waals surface area contributed by atoms with Crippen LogP contribution in [0, 0.1) is 11.2 Å². The van der Waals surface area contributed by atoms with Crippen molar-refractivity contribution in [3.63, 3.8) is 0 Å². The second-order valence-corrected chi connectivity index (χ2v) is 5.34. The number of hydrogen-bond donors (Lipinski definition) is 2. The van der Waals surface area contributed by atoms with Gasteiger partial charge in [-0.25, -0.2) is 14.4 Å². The summed E-state index contributed by atoms with van der Waals surface area (Å²) in [7, 11) is 0. The Morgan fingerprint density at radius 3 is 2.70 bits per heavy atom. The van der Waals surface area contributed by atoms with E-state index in [0.717, 1.165) is 19.3 Å². The van der Waals surface area contributed by atoms with Crippen molar-refractivity contribution in [3.8, 4) is 0 Å². The molecule has 0 amide bonds. The number of hydrogen-bond acceptors (Lipinski definition) is 4. The highest BCUT2D eigenvalue weighted by molar-refractivity contribution is 5.75. The van der Waals surface area contributed by atoms with Crippen LogP contribution in [0.4, 0.5) is 10.2 Å². The summed E-state index contributed by atoms with van der Waals surface area (Å²) in [5.74, 6) is -1.19. The molecule has 1 heterocycles. The Bertz CT molecular complexity index is 487. The molecule has 1 aromatic heterocycles. The predicted molar refractivity (Wildman–Crippen MR) is 73.0 cm³/mol. The van der Waals surface area contributed by atoms with Gasteiger partial charge >= 0.3 is 5.97 Å². The quantitative estimate of drug-likeness (QED) is 0.867. The zero-order chi connectivity index (χ0) is 14.6. The van der Waals surface area contributed by atoms with E-state index >= 15 is 0 Å². The van der Waals surface area contributed by atoms with Crippen LogP contribution in [-0.4, -0.2) is 27.6 Å². The first kappa shape index (κ1) is 14.7. The molecule has 0 bridgehead atoms. The van der Waals surface area contributed by atoms with Crippen LogP contribution in [0.5, 0.6) is 0 Å². The van der Waals surface area contributed by atoms with Crippen LogP contribution < -0.4 is 5.32 Å². The van der Waals surface area contributed by atoms with Crippen LogP contribution in [0.25, 0.3) is 0 Å². The molecule has 0 spiro atoms. The first-order valence-electron chi connectivity index (χ1n) is 7.06. The van der Waals surface area contributed by atoms with E-state index in [0.29, 0.717) is 25.0 Å². The smallest absolute Gasteiger partial charge is 0.311 e. The van der Waals surface area contributed by atoms with E-state index in [1.807, 2.05) is 6.92 Å².